The average molecular weight is 385 g/mol. The number of amides is 1. The topological polar surface area (TPSA) is 56.1 Å². The zero-order chi connectivity index (χ0) is 20.4. The van der Waals surface area contributed by atoms with Gasteiger partial charge in [0.05, 0.1) is 30.9 Å². The third-order valence-electron chi connectivity index (χ3n) is 5.07. The summed E-state index contributed by atoms with van der Waals surface area (Å²) in [7, 11) is 1.60. The Hall–Kier alpha value is -3.60. The fourth-order valence-corrected chi connectivity index (χ4v) is 3.57. The molecule has 0 saturated heterocycles. The molecule has 0 fully saturated rings. The molecule has 1 atom stereocenters. The summed E-state index contributed by atoms with van der Waals surface area (Å²) < 4.78 is 7.40. The van der Waals surface area contributed by atoms with E-state index in [0.717, 1.165) is 27.7 Å². The molecule has 0 bridgehead atoms. The molecule has 0 spiro atoms. The van der Waals surface area contributed by atoms with Crippen molar-refractivity contribution in [2.45, 2.75) is 19.9 Å². The van der Waals surface area contributed by atoms with Crippen LogP contribution in [0.3, 0.4) is 0 Å². The maximum atomic E-state index is 12.9. The van der Waals surface area contributed by atoms with Gasteiger partial charge in [-0.1, -0.05) is 42.5 Å². The lowest BCUT2D eigenvalue weighted by molar-refractivity contribution is 0.0940. The fraction of sp³-hybridized carbons (Fsp3) is 0.167. The summed E-state index contributed by atoms with van der Waals surface area (Å²) >= 11 is 0. The number of imidazole rings is 1. The highest BCUT2D eigenvalue weighted by Crippen LogP contribution is 2.27. The molecule has 1 amide bonds. The molecule has 4 aromatic rings. The summed E-state index contributed by atoms with van der Waals surface area (Å²) in [5.41, 5.74) is 3.40. The molecule has 1 aromatic heterocycles. The number of nitrogens with one attached hydrogen (secondary N) is 1. The maximum Gasteiger partial charge on any atom is 0.251 e. The van der Waals surface area contributed by atoms with Gasteiger partial charge in [-0.2, -0.15) is 0 Å². The number of aromatic nitrogens is 2. The predicted molar refractivity (Wildman–Crippen MR) is 115 cm³/mol. The quantitative estimate of drug-likeness (QED) is 0.535. The number of carbonyl (C=O) groups is 1. The highest BCUT2D eigenvalue weighted by atomic mass is 16.5. The molecule has 0 saturated carbocycles. The minimum atomic E-state index is -0.142. The number of rotatable bonds is 5. The zero-order valence-corrected chi connectivity index (χ0v) is 16.7. The number of aryl methyl sites for hydroxylation is 1. The van der Waals surface area contributed by atoms with Crippen LogP contribution in [-0.4, -0.2) is 22.6 Å². The Kier molecular flexibility index (Phi) is 5.04. The van der Waals surface area contributed by atoms with Crippen LogP contribution in [-0.2, 0) is 0 Å². The monoisotopic (exact) mass is 385 g/mol. The molecule has 5 nitrogen and oxygen atoms in total. The van der Waals surface area contributed by atoms with Gasteiger partial charge in [0.25, 0.3) is 5.91 Å². The normalized spacial score (nSPS) is 12.0. The average Bonchev–Trinajstić information content (AvgIpc) is 3.18. The standard InChI is InChI=1S/C24H23N3O2/c1-16-14-27(15-25-16)22-12-11-19(13-23(22)29-3)24(28)26-17(2)20-10-6-8-18-7-4-5-9-21(18)20/h4-15,17H,1-3H3,(H,26,28)/t17-/m1/s1. The third-order valence-corrected chi connectivity index (χ3v) is 5.07. The highest BCUT2D eigenvalue weighted by Gasteiger charge is 2.16. The Balaban J connectivity index is 1.59. The van der Waals surface area contributed by atoms with Gasteiger partial charge in [0.1, 0.15) is 5.75 Å². The van der Waals surface area contributed by atoms with Gasteiger partial charge in [0, 0.05) is 11.8 Å². The number of carbonyl (C=O) groups excluding carboxylic acids is 1. The van der Waals surface area contributed by atoms with Crippen molar-refractivity contribution in [1.82, 2.24) is 14.9 Å². The Labute approximate surface area is 170 Å². The van der Waals surface area contributed by atoms with E-state index in [1.807, 2.05) is 48.9 Å². The largest absolute Gasteiger partial charge is 0.495 e. The number of hydrogen-bond donors (Lipinski definition) is 1. The second-order valence-corrected chi connectivity index (χ2v) is 7.07. The van der Waals surface area contributed by atoms with E-state index in [4.69, 9.17) is 4.74 Å². The van der Waals surface area contributed by atoms with Gasteiger partial charge in [0.15, 0.2) is 0 Å². The maximum absolute atomic E-state index is 12.9. The van der Waals surface area contributed by atoms with E-state index < -0.39 is 0 Å². The van der Waals surface area contributed by atoms with Crippen molar-refractivity contribution in [1.29, 1.82) is 0 Å². The fourth-order valence-electron chi connectivity index (χ4n) is 3.57. The van der Waals surface area contributed by atoms with Crippen molar-refractivity contribution in [3.05, 3.63) is 90.0 Å². The van der Waals surface area contributed by atoms with Crippen LogP contribution < -0.4 is 10.1 Å². The van der Waals surface area contributed by atoms with Crippen LogP contribution in [0.1, 0.15) is 34.6 Å². The summed E-state index contributed by atoms with van der Waals surface area (Å²) in [4.78, 5) is 17.2. The van der Waals surface area contributed by atoms with E-state index in [0.29, 0.717) is 11.3 Å². The number of ether oxygens (including phenoxy) is 1. The van der Waals surface area contributed by atoms with Crippen LogP contribution in [0.4, 0.5) is 0 Å². The summed E-state index contributed by atoms with van der Waals surface area (Å²) in [6, 6.07) is 19.7. The van der Waals surface area contributed by atoms with Gasteiger partial charge >= 0.3 is 0 Å². The van der Waals surface area contributed by atoms with Gasteiger partial charge in [0.2, 0.25) is 0 Å². The lowest BCUT2D eigenvalue weighted by Gasteiger charge is -2.17. The highest BCUT2D eigenvalue weighted by molar-refractivity contribution is 5.96. The molecule has 0 unspecified atom stereocenters. The van der Waals surface area contributed by atoms with Gasteiger partial charge < -0.3 is 14.6 Å². The smallest absolute Gasteiger partial charge is 0.251 e. The van der Waals surface area contributed by atoms with E-state index in [9.17, 15) is 4.79 Å². The van der Waals surface area contributed by atoms with Crippen LogP contribution in [0.5, 0.6) is 5.75 Å². The molecule has 0 aliphatic rings. The first kappa shape index (κ1) is 18.7. The minimum Gasteiger partial charge on any atom is -0.495 e. The Morgan fingerprint density at radius 1 is 1.10 bits per heavy atom. The number of fused-ring (bicyclic) bond motifs is 1. The zero-order valence-electron chi connectivity index (χ0n) is 16.7. The van der Waals surface area contributed by atoms with E-state index in [1.54, 1.807) is 25.6 Å². The van der Waals surface area contributed by atoms with E-state index in [1.165, 1.54) is 0 Å². The minimum absolute atomic E-state index is 0.129. The molecular formula is C24H23N3O2. The first-order valence-corrected chi connectivity index (χ1v) is 9.54. The Morgan fingerprint density at radius 2 is 1.90 bits per heavy atom. The molecular weight excluding hydrogens is 362 g/mol. The SMILES string of the molecule is COc1cc(C(=O)N[C@H](C)c2cccc3ccccc23)ccc1-n1cnc(C)c1. The molecule has 4 rings (SSSR count). The Bertz CT molecular complexity index is 1170. The van der Waals surface area contributed by atoms with Crippen molar-refractivity contribution >= 4 is 16.7 Å². The number of methoxy groups -OCH3 is 1. The lowest BCUT2D eigenvalue weighted by Crippen LogP contribution is -2.26. The molecule has 146 valence electrons. The number of hydrogen-bond acceptors (Lipinski definition) is 3. The van der Waals surface area contributed by atoms with E-state index in [-0.39, 0.29) is 11.9 Å². The van der Waals surface area contributed by atoms with Crippen molar-refractivity contribution < 1.29 is 9.53 Å². The number of benzene rings is 3. The van der Waals surface area contributed by atoms with Crippen LogP contribution in [0.25, 0.3) is 16.5 Å². The second-order valence-electron chi connectivity index (χ2n) is 7.07. The molecule has 5 heteroatoms. The molecule has 1 N–H and O–H groups in total. The second kappa shape index (κ2) is 7.80. The van der Waals surface area contributed by atoms with Crippen molar-refractivity contribution in [3.8, 4) is 11.4 Å². The molecule has 0 aliphatic carbocycles. The molecule has 1 heterocycles. The van der Waals surface area contributed by atoms with Crippen molar-refractivity contribution in [2.24, 2.45) is 0 Å². The molecule has 0 radical (unpaired) electrons. The van der Waals surface area contributed by atoms with Crippen LogP contribution in [0, 0.1) is 6.92 Å². The van der Waals surface area contributed by atoms with Crippen LogP contribution in [0.15, 0.2) is 73.2 Å². The van der Waals surface area contributed by atoms with Crippen molar-refractivity contribution in [2.75, 3.05) is 7.11 Å². The summed E-state index contributed by atoms with van der Waals surface area (Å²) in [6.07, 6.45) is 3.65. The van der Waals surface area contributed by atoms with Gasteiger partial charge in [-0.15, -0.1) is 0 Å². The molecule has 0 aliphatic heterocycles. The van der Waals surface area contributed by atoms with Crippen molar-refractivity contribution in [3.63, 3.8) is 0 Å². The van der Waals surface area contributed by atoms with Crippen LogP contribution in [0.2, 0.25) is 0 Å². The van der Waals surface area contributed by atoms with Gasteiger partial charge in [-0.05, 0) is 48.4 Å². The summed E-state index contributed by atoms with van der Waals surface area (Å²) in [5, 5.41) is 5.41. The van der Waals surface area contributed by atoms with Gasteiger partial charge in [-0.3, -0.25) is 4.79 Å². The molecule has 29 heavy (non-hydrogen) atoms. The number of nitrogens with zero attached hydrogens (tertiary/aromatic N) is 2. The Morgan fingerprint density at radius 3 is 2.66 bits per heavy atom. The lowest BCUT2D eigenvalue weighted by atomic mass is 9.99. The van der Waals surface area contributed by atoms with E-state index >= 15 is 0 Å². The molecule has 3 aromatic carbocycles. The summed E-state index contributed by atoms with van der Waals surface area (Å²) in [5.74, 6) is 0.477. The van der Waals surface area contributed by atoms with E-state index in [2.05, 4.69) is 34.6 Å². The van der Waals surface area contributed by atoms with Gasteiger partial charge in [-0.25, -0.2) is 4.98 Å². The summed E-state index contributed by atoms with van der Waals surface area (Å²) in [6.45, 7) is 3.93. The van der Waals surface area contributed by atoms with Crippen LogP contribution >= 0.6 is 0 Å². The first-order valence-electron chi connectivity index (χ1n) is 9.54. The predicted octanol–water partition coefficient (Wildman–Crippen LogP) is 4.83. The first-order chi connectivity index (χ1) is 14.1. The third kappa shape index (κ3) is 3.72.